The molecule has 0 spiro atoms. The Morgan fingerprint density at radius 2 is 2.06 bits per heavy atom. The molecule has 1 unspecified atom stereocenters. The van der Waals surface area contributed by atoms with E-state index >= 15 is 0 Å². The molecule has 0 fully saturated rings. The van der Waals surface area contributed by atoms with Crippen LogP contribution < -0.4 is 17.0 Å². The number of hydrogen-bond donors (Lipinski definition) is 3. The molecule has 5 N–H and O–H groups in total. The molecular weight excluding hydrogens is 206 g/mol. The highest BCUT2D eigenvalue weighted by molar-refractivity contribution is 5.44. The van der Waals surface area contributed by atoms with E-state index in [0.29, 0.717) is 5.82 Å². The molecule has 0 amide bonds. The van der Waals surface area contributed by atoms with Gasteiger partial charge < -0.3 is 5.73 Å². The smallest absolute Gasteiger partial charge is 0.126 e. The number of nitrogens with one attached hydrogen (secondary N) is 1. The molecule has 0 radical (unpaired) electrons. The van der Waals surface area contributed by atoms with Crippen LogP contribution >= 0.6 is 0 Å². The maximum Gasteiger partial charge on any atom is 0.126 e. The second kappa shape index (κ2) is 3.95. The number of anilines is 1. The van der Waals surface area contributed by atoms with Crippen molar-refractivity contribution in [1.82, 2.24) is 25.0 Å². The molecule has 16 heavy (non-hydrogen) atoms. The van der Waals surface area contributed by atoms with E-state index in [1.165, 1.54) is 0 Å². The fraction of sp³-hybridized carbons (Fsp3) is 0.333. The monoisotopic (exact) mass is 221 g/mol. The van der Waals surface area contributed by atoms with Gasteiger partial charge in [-0.3, -0.25) is 15.2 Å². The molecule has 0 aliphatic heterocycles. The van der Waals surface area contributed by atoms with E-state index in [0.717, 1.165) is 11.1 Å². The number of aromatic nitrogens is 4. The first-order valence-corrected chi connectivity index (χ1v) is 4.85. The SMILES string of the molecule is Cn1cc(C(NN)c2cnn(C)c2N)cn1. The van der Waals surface area contributed by atoms with Gasteiger partial charge in [0.2, 0.25) is 0 Å². The van der Waals surface area contributed by atoms with Gasteiger partial charge in [-0.2, -0.15) is 10.2 Å². The molecule has 2 aromatic heterocycles. The van der Waals surface area contributed by atoms with Gasteiger partial charge in [0.1, 0.15) is 5.82 Å². The van der Waals surface area contributed by atoms with Crippen molar-refractivity contribution in [3.8, 4) is 0 Å². The molecule has 2 heterocycles. The summed E-state index contributed by atoms with van der Waals surface area (Å²) in [6, 6.07) is -0.192. The number of nitrogen functional groups attached to an aromatic ring is 1. The molecule has 2 aromatic rings. The van der Waals surface area contributed by atoms with E-state index in [1.54, 1.807) is 28.8 Å². The van der Waals surface area contributed by atoms with E-state index in [2.05, 4.69) is 15.6 Å². The third kappa shape index (κ3) is 1.66. The van der Waals surface area contributed by atoms with Crippen LogP contribution in [0.5, 0.6) is 0 Å². The Balaban J connectivity index is 2.40. The Hall–Kier alpha value is -1.86. The van der Waals surface area contributed by atoms with Gasteiger partial charge in [0.15, 0.2) is 0 Å². The third-order valence-electron chi connectivity index (χ3n) is 2.55. The summed E-state index contributed by atoms with van der Waals surface area (Å²) in [5.74, 6) is 6.13. The molecule has 0 aromatic carbocycles. The highest BCUT2D eigenvalue weighted by Crippen LogP contribution is 2.24. The second-order valence-corrected chi connectivity index (χ2v) is 3.66. The Bertz CT molecular complexity index is 484. The van der Waals surface area contributed by atoms with Crippen molar-refractivity contribution in [2.45, 2.75) is 6.04 Å². The first kappa shape index (κ1) is 10.7. The van der Waals surface area contributed by atoms with Crippen LogP contribution in [-0.2, 0) is 14.1 Å². The van der Waals surface area contributed by atoms with Crippen molar-refractivity contribution in [2.24, 2.45) is 19.9 Å². The van der Waals surface area contributed by atoms with Crippen LogP contribution in [0.3, 0.4) is 0 Å². The van der Waals surface area contributed by atoms with Crippen LogP contribution in [0.4, 0.5) is 5.82 Å². The van der Waals surface area contributed by atoms with Gasteiger partial charge >= 0.3 is 0 Å². The maximum atomic E-state index is 5.90. The van der Waals surface area contributed by atoms with E-state index in [-0.39, 0.29) is 6.04 Å². The molecule has 2 rings (SSSR count). The average Bonchev–Trinajstić information content (AvgIpc) is 2.81. The minimum absolute atomic E-state index is 0.192. The summed E-state index contributed by atoms with van der Waals surface area (Å²) in [5, 5.41) is 8.19. The highest BCUT2D eigenvalue weighted by atomic mass is 15.3. The third-order valence-corrected chi connectivity index (χ3v) is 2.55. The molecule has 0 saturated heterocycles. The number of hydrogen-bond acceptors (Lipinski definition) is 5. The minimum Gasteiger partial charge on any atom is -0.384 e. The van der Waals surface area contributed by atoms with Crippen LogP contribution in [-0.4, -0.2) is 19.6 Å². The van der Waals surface area contributed by atoms with Crippen molar-refractivity contribution < 1.29 is 0 Å². The lowest BCUT2D eigenvalue weighted by atomic mass is 10.1. The first-order chi connectivity index (χ1) is 7.63. The molecule has 0 bridgehead atoms. The lowest BCUT2D eigenvalue weighted by Gasteiger charge is -2.13. The van der Waals surface area contributed by atoms with Crippen molar-refractivity contribution in [1.29, 1.82) is 0 Å². The molecule has 0 aliphatic rings. The molecule has 1 atom stereocenters. The lowest BCUT2D eigenvalue weighted by molar-refractivity contribution is 0.637. The summed E-state index contributed by atoms with van der Waals surface area (Å²) in [5.41, 5.74) is 10.4. The first-order valence-electron chi connectivity index (χ1n) is 4.85. The van der Waals surface area contributed by atoms with E-state index in [9.17, 15) is 0 Å². The Labute approximate surface area is 93.0 Å². The van der Waals surface area contributed by atoms with Crippen molar-refractivity contribution in [3.05, 3.63) is 29.7 Å². The number of nitrogens with zero attached hydrogens (tertiary/aromatic N) is 4. The molecular formula is C9H15N7. The zero-order chi connectivity index (χ0) is 11.7. The predicted molar refractivity (Wildman–Crippen MR) is 60.0 cm³/mol. The zero-order valence-corrected chi connectivity index (χ0v) is 9.25. The summed E-state index contributed by atoms with van der Waals surface area (Å²) >= 11 is 0. The average molecular weight is 221 g/mol. The fourth-order valence-corrected chi connectivity index (χ4v) is 1.64. The molecule has 0 aliphatic carbocycles. The summed E-state index contributed by atoms with van der Waals surface area (Å²) < 4.78 is 3.32. The summed E-state index contributed by atoms with van der Waals surface area (Å²) in [7, 11) is 3.64. The lowest BCUT2D eigenvalue weighted by Crippen LogP contribution is -2.29. The van der Waals surface area contributed by atoms with E-state index in [4.69, 9.17) is 11.6 Å². The second-order valence-electron chi connectivity index (χ2n) is 3.66. The largest absolute Gasteiger partial charge is 0.384 e. The Morgan fingerprint density at radius 3 is 2.50 bits per heavy atom. The van der Waals surface area contributed by atoms with E-state index in [1.807, 2.05) is 13.2 Å². The molecule has 7 nitrogen and oxygen atoms in total. The van der Waals surface area contributed by atoms with Crippen molar-refractivity contribution >= 4 is 5.82 Å². The van der Waals surface area contributed by atoms with Gasteiger partial charge in [0.05, 0.1) is 18.4 Å². The number of hydrazine groups is 1. The van der Waals surface area contributed by atoms with Gasteiger partial charge in [-0.05, 0) is 0 Å². The van der Waals surface area contributed by atoms with Gasteiger partial charge in [0.25, 0.3) is 0 Å². The van der Waals surface area contributed by atoms with Crippen LogP contribution in [0.1, 0.15) is 17.2 Å². The summed E-state index contributed by atoms with van der Waals surface area (Å²) in [6.45, 7) is 0. The van der Waals surface area contributed by atoms with Gasteiger partial charge in [-0.25, -0.2) is 5.43 Å². The van der Waals surface area contributed by atoms with Gasteiger partial charge in [-0.1, -0.05) is 0 Å². The molecule has 86 valence electrons. The molecule has 7 heteroatoms. The minimum atomic E-state index is -0.192. The van der Waals surface area contributed by atoms with Crippen LogP contribution in [0.15, 0.2) is 18.6 Å². The van der Waals surface area contributed by atoms with E-state index < -0.39 is 0 Å². The fourth-order valence-electron chi connectivity index (χ4n) is 1.64. The zero-order valence-electron chi connectivity index (χ0n) is 9.25. The number of rotatable bonds is 3. The van der Waals surface area contributed by atoms with Crippen LogP contribution in [0.2, 0.25) is 0 Å². The Kier molecular flexibility index (Phi) is 2.63. The molecule has 0 saturated carbocycles. The highest BCUT2D eigenvalue weighted by Gasteiger charge is 2.19. The normalized spacial score (nSPS) is 12.9. The van der Waals surface area contributed by atoms with Crippen molar-refractivity contribution in [2.75, 3.05) is 5.73 Å². The predicted octanol–water partition coefficient (Wildman–Crippen LogP) is -0.711. The topological polar surface area (TPSA) is 99.7 Å². The van der Waals surface area contributed by atoms with Crippen molar-refractivity contribution in [3.63, 3.8) is 0 Å². The summed E-state index contributed by atoms with van der Waals surface area (Å²) in [6.07, 6.45) is 5.33. The van der Waals surface area contributed by atoms with Gasteiger partial charge in [0, 0.05) is 31.4 Å². The summed E-state index contributed by atoms with van der Waals surface area (Å²) in [4.78, 5) is 0. The number of aryl methyl sites for hydroxylation is 2. The number of nitrogens with two attached hydrogens (primary N) is 2. The Morgan fingerprint density at radius 1 is 1.31 bits per heavy atom. The van der Waals surface area contributed by atoms with Crippen LogP contribution in [0.25, 0.3) is 0 Å². The van der Waals surface area contributed by atoms with Crippen LogP contribution in [0, 0.1) is 0 Å². The quantitative estimate of drug-likeness (QED) is 0.469. The van der Waals surface area contributed by atoms with Gasteiger partial charge in [-0.15, -0.1) is 0 Å². The standard InChI is InChI=1S/C9H15N7/c1-15-5-6(3-12-15)8(14-11)7-4-13-16(2)9(7)10/h3-5,8,14H,10-11H2,1-2H3. The maximum absolute atomic E-state index is 5.90.